The molecule has 0 saturated heterocycles. The molecule has 120 valence electrons. The standard InChI is InChI=1S/C14H10ClF3N4O/c15-13-20-7-9(14(16,17)18)12(22-13)21-10-4-2-1-3-8(10)5-6-11(19)23/h1-7H,(H2,19,23)(H,20,21,22). The molecule has 0 saturated carbocycles. The predicted octanol–water partition coefficient (Wildman–Crippen LogP) is 3.39. The molecular formula is C14H10ClF3N4O. The Morgan fingerprint density at radius 1 is 1.30 bits per heavy atom. The van der Waals surface area contributed by atoms with Crippen molar-refractivity contribution in [1.82, 2.24) is 9.97 Å². The number of anilines is 2. The van der Waals surface area contributed by atoms with E-state index in [-0.39, 0.29) is 5.28 Å². The van der Waals surface area contributed by atoms with Crippen molar-refractivity contribution in [2.24, 2.45) is 5.73 Å². The number of rotatable bonds is 4. The molecule has 0 aliphatic heterocycles. The number of halogens is 4. The summed E-state index contributed by atoms with van der Waals surface area (Å²) in [4.78, 5) is 17.7. The van der Waals surface area contributed by atoms with E-state index in [0.717, 1.165) is 6.08 Å². The van der Waals surface area contributed by atoms with Crippen LogP contribution in [-0.2, 0) is 11.0 Å². The first-order valence-corrected chi connectivity index (χ1v) is 6.58. The highest BCUT2D eigenvalue weighted by Crippen LogP contribution is 2.35. The molecule has 1 aromatic heterocycles. The number of amides is 1. The molecule has 0 spiro atoms. The van der Waals surface area contributed by atoms with Gasteiger partial charge in [0.25, 0.3) is 0 Å². The molecule has 5 nitrogen and oxygen atoms in total. The van der Waals surface area contributed by atoms with Crippen LogP contribution in [0.1, 0.15) is 11.1 Å². The molecule has 0 aliphatic carbocycles. The van der Waals surface area contributed by atoms with Crippen LogP contribution in [-0.4, -0.2) is 15.9 Å². The van der Waals surface area contributed by atoms with Crippen molar-refractivity contribution >= 4 is 35.1 Å². The van der Waals surface area contributed by atoms with Crippen molar-refractivity contribution in [2.45, 2.75) is 6.18 Å². The first-order valence-electron chi connectivity index (χ1n) is 6.20. The second kappa shape index (κ2) is 6.66. The number of hydrogen-bond acceptors (Lipinski definition) is 4. The third-order valence-electron chi connectivity index (χ3n) is 2.71. The summed E-state index contributed by atoms with van der Waals surface area (Å²) in [6.07, 6.45) is -1.58. The van der Waals surface area contributed by atoms with Crippen LogP contribution >= 0.6 is 11.6 Å². The molecule has 1 heterocycles. The lowest BCUT2D eigenvalue weighted by Crippen LogP contribution is -2.11. The number of nitrogens with two attached hydrogens (primary N) is 1. The molecule has 9 heteroatoms. The molecule has 0 unspecified atom stereocenters. The van der Waals surface area contributed by atoms with Crippen LogP contribution in [0.15, 0.2) is 36.5 Å². The summed E-state index contributed by atoms with van der Waals surface area (Å²) in [6.45, 7) is 0. The van der Waals surface area contributed by atoms with Gasteiger partial charge in [0, 0.05) is 18.0 Å². The van der Waals surface area contributed by atoms with Crippen molar-refractivity contribution < 1.29 is 18.0 Å². The molecule has 0 radical (unpaired) electrons. The van der Waals surface area contributed by atoms with Gasteiger partial charge >= 0.3 is 6.18 Å². The van der Waals surface area contributed by atoms with E-state index in [1.165, 1.54) is 12.1 Å². The fraction of sp³-hybridized carbons (Fsp3) is 0.0714. The Labute approximate surface area is 134 Å². The molecule has 2 aromatic rings. The quantitative estimate of drug-likeness (QED) is 0.659. The summed E-state index contributed by atoms with van der Waals surface area (Å²) >= 11 is 5.57. The summed E-state index contributed by atoms with van der Waals surface area (Å²) in [6, 6.07) is 6.39. The number of nitrogens with one attached hydrogen (secondary N) is 1. The van der Waals surface area contributed by atoms with Crippen LogP contribution in [0.4, 0.5) is 24.7 Å². The molecule has 0 aliphatic rings. The molecule has 0 bridgehead atoms. The minimum absolute atomic E-state index is 0.297. The third kappa shape index (κ3) is 4.43. The average molecular weight is 343 g/mol. The van der Waals surface area contributed by atoms with Crippen molar-refractivity contribution in [3.63, 3.8) is 0 Å². The van der Waals surface area contributed by atoms with Crippen LogP contribution < -0.4 is 11.1 Å². The van der Waals surface area contributed by atoms with Gasteiger partial charge in [-0.25, -0.2) is 4.98 Å². The number of nitrogens with zero attached hydrogens (tertiary/aromatic N) is 2. The van der Waals surface area contributed by atoms with Gasteiger partial charge in [-0.1, -0.05) is 18.2 Å². The van der Waals surface area contributed by atoms with E-state index in [0.29, 0.717) is 17.4 Å². The molecule has 1 aromatic carbocycles. The van der Waals surface area contributed by atoms with E-state index in [2.05, 4.69) is 15.3 Å². The first kappa shape index (κ1) is 16.8. The van der Waals surface area contributed by atoms with Crippen LogP contribution in [0.5, 0.6) is 0 Å². The van der Waals surface area contributed by atoms with Gasteiger partial charge in [0.1, 0.15) is 11.4 Å². The van der Waals surface area contributed by atoms with Crippen LogP contribution in [0.2, 0.25) is 5.28 Å². The van der Waals surface area contributed by atoms with Gasteiger partial charge in [-0.3, -0.25) is 4.79 Å². The number of alkyl halides is 3. The summed E-state index contributed by atoms with van der Waals surface area (Å²) < 4.78 is 39.0. The number of hydrogen-bond donors (Lipinski definition) is 2. The van der Waals surface area contributed by atoms with Crippen LogP contribution in [0.3, 0.4) is 0 Å². The lowest BCUT2D eigenvalue weighted by atomic mass is 10.1. The zero-order valence-corrected chi connectivity index (χ0v) is 12.2. The normalized spacial score (nSPS) is 11.7. The Kier molecular flexibility index (Phi) is 4.85. The highest BCUT2D eigenvalue weighted by Gasteiger charge is 2.35. The first-order chi connectivity index (χ1) is 10.8. The summed E-state index contributed by atoms with van der Waals surface area (Å²) in [5.41, 5.74) is 4.70. The highest BCUT2D eigenvalue weighted by atomic mass is 35.5. The third-order valence-corrected chi connectivity index (χ3v) is 2.89. The van der Waals surface area contributed by atoms with E-state index >= 15 is 0 Å². The maximum Gasteiger partial charge on any atom is 0.421 e. The van der Waals surface area contributed by atoms with E-state index in [1.54, 1.807) is 18.2 Å². The van der Waals surface area contributed by atoms with Gasteiger partial charge in [-0.05, 0) is 29.3 Å². The zero-order chi connectivity index (χ0) is 17.0. The molecule has 3 N–H and O–H groups in total. The van der Waals surface area contributed by atoms with Crippen LogP contribution in [0.25, 0.3) is 6.08 Å². The zero-order valence-electron chi connectivity index (χ0n) is 11.4. The highest BCUT2D eigenvalue weighted by molar-refractivity contribution is 6.28. The Hall–Kier alpha value is -2.61. The second-order valence-electron chi connectivity index (χ2n) is 4.35. The largest absolute Gasteiger partial charge is 0.421 e. The maximum absolute atomic E-state index is 13.0. The molecular weight excluding hydrogens is 333 g/mol. The Bertz CT molecular complexity index is 762. The van der Waals surface area contributed by atoms with Gasteiger partial charge in [0.2, 0.25) is 11.2 Å². The van der Waals surface area contributed by atoms with Gasteiger partial charge in [0.05, 0.1) is 0 Å². The number of para-hydroxylation sites is 1. The molecule has 0 fully saturated rings. The number of carbonyl (C=O) groups is 1. The Morgan fingerprint density at radius 3 is 2.65 bits per heavy atom. The molecule has 1 amide bonds. The van der Waals surface area contributed by atoms with E-state index < -0.39 is 23.5 Å². The van der Waals surface area contributed by atoms with Crippen molar-refractivity contribution in [2.75, 3.05) is 5.32 Å². The van der Waals surface area contributed by atoms with Crippen molar-refractivity contribution in [3.05, 3.63) is 52.9 Å². The van der Waals surface area contributed by atoms with E-state index in [4.69, 9.17) is 17.3 Å². The fourth-order valence-electron chi connectivity index (χ4n) is 1.72. The lowest BCUT2D eigenvalue weighted by Gasteiger charge is -2.14. The summed E-state index contributed by atoms with van der Waals surface area (Å²) in [5.74, 6) is -1.17. The van der Waals surface area contributed by atoms with Crippen molar-refractivity contribution in [3.8, 4) is 0 Å². The Morgan fingerprint density at radius 2 is 2.00 bits per heavy atom. The summed E-state index contributed by atoms with van der Waals surface area (Å²) in [7, 11) is 0. The van der Waals surface area contributed by atoms with E-state index in [9.17, 15) is 18.0 Å². The van der Waals surface area contributed by atoms with Gasteiger partial charge in [0.15, 0.2) is 0 Å². The molecule has 23 heavy (non-hydrogen) atoms. The minimum Gasteiger partial charge on any atom is -0.366 e. The monoisotopic (exact) mass is 342 g/mol. The van der Waals surface area contributed by atoms with Gasteiger partial charge in [-0.2, -0.15) is 18.2 Å². The number of benzene rings is 1. The fourth-order valence-corrected chi connectivity index (χ4v) is 1.85. The smallest absolute Gasteiger partial charge is 0.366 e. The molecule has 0 atom stereocenters. The molecule has 2 rings (SSSR count). The topological polar surface area (TPSA) is 80.9 Å². The van der Waals surface area contributed by atoms with Crippen LogP contribution in [0, 0.1) is 0 Å². The predicted molar refractivity (Wildman–Crippen MR) is 80.0 cm³/mol. The van der Waals surface area contributed by atoms with Crippen molar-refractivity contribution in [1.29, 1.82) is 0 Å². The SMILES string of the molecule is NC(=O)C=Cc1ccccc1Nc1nc(Cl)ncc1C(F)(F)F. The number of primary amides is 1. The van der Waals surface area contributed by atoms with E-state index in [1.807, 2.05) is 0 Å². The summed E-state index contributed by atoms with van der Waals surface area (Å²) in [5, 5.41) is 2.23. The number of aromatic nitrogens is 2. The number of carbonyl (C=O) groups excluding carboxylic acids is 1. The Balaban J connectivity index is 2.44. The maximum atomic E-state index is 13.0. The van der Waals surface area contributed by atoms with Gasteiger partial charge < -0.3 is 11.1 Å². The average Bonchev–Trinajstić information content (AvgIpc) is 2.45. The van der Waals surface area contributed by atoms with Gasteiger partial charge in [-0.15, -0.1) is 0 Å². The second-order valence-corrected chi connectivity index (χ2v) is 4.69. The lowest BCUT2D eigenvalue weighted by molar-refractivity contribution is -0.137. The minimum atomic E-state index is -4.65.